The van der Waals surface area contributed by atoms with E-state index in [1.165, 1.54) is 7.11 Å². The summed E-state index contributed by atoms with van der Waals surface area (Å²) in [5.74, 6) is 0.703. The van der Waals surface area contributed by atoms with Gasteiger partial charge in [-0.3, -0.25) is 0 Å². The molecule has 1 saturated heterocycles. The number of rotatable bonds is 7. The zero-order valence-electron chi connectivity index (χ0n) is 18.2. The summed E-state index contributed by atoms with van der Waals surface area (Å²) >= 11 is 12.5. The predicted molar refractivity (Wildman–Crippen MR) is 123 cm³/mol. The van der Waals surface area contributed by atoms with Crippen molar-refractivity contribution in [2.75, 3.05) is 32.1 Å². The number of benzene rings is 1. The molecule has 0 radical (unpaired) electrons. The summed E-state index contributed by atoms with van der Waals surface area (Å²) in [4.78, 5) is 23.5. The summed E-state index contributed by atoms with van der Waals surface area (Å²) in [7, 11) is 1.38. The van der Waals surface area contributed by atoms with Crippen molar-refractivity contribution < 1.29 is 14.3 Å². The van der Waals surface area contributed by atoms with Gasteiger partial charge in [-0.15, -0.1) is 0 Å². The van der Waals surface area contributed by atoms with Gasteiger partial charge in [-0.05, 0) is 38.0 Å². The molecule has 2 heterocycles. The maximum Gasteiger partial charge on any atom is 0.409 e. The summed E-state index contributed by atoms with van der Waals surface area (Å²) in [5.41, 5.74) is 3.22. The minimum absolute atomic E-state index is 0.117. The standard InChI is InChI=1S/C22H28Cl2N4O3/c1-5-16-20(14-9-8-13(23)10-15(14)24)25-17(6-2)21(26-16)27-18-11-28(22(29)30-4)12-19(18)31-7-3/h8-10,18-19H,5-7,11-12H2,1-4H3,(H,26,27)/t18-,19+/m1/s1. The zero-order valence-corrected chi connectivity index (χ0v) is 19.8. The van der Waals surface area contributed by atoms with E-state index in [-0.39, 0.29) is 18.2 Å². The van der Waals surface area contributed by atoms with Crippen LogP contribution in [0, 0.1) is 0 Å². The molecular weight excluding hydrogens is 439 g/mol. The van der Waals surface area contributed by atoms with E-state index in [9.17, 15) is 4.79 Å². The number of nitrogens with zero attached hydrogens (tertiary/aromatic N) is 3. The molecule has 1 amide bonds. The second-order valence-corrected chi connectivity index (χ2v) is 8.11. The normalized spacial score (nSPS) is 18.3. The lowest BCUT2D eigenvalue weighted by atomic mass is 10.1. The van der Waals surface area contributed by atoms with Gasteiger partial charge in [0.15, 0.2) is 0 Å². The SMILES string of the molecule is CCO[C@H]1CN(C(=O)OC)C[C@H]1Nc1nc(CC)c(-c2ccc(Cl)cc2Cl)nc1CC. The quantitative estimate of drug-likeness (QED) is 0.628. The second-order valence-electron chi connectivity index (χ2n) is 7.27. The van der Waals surface area contributed by atoms with E-state index >= 15 is 0 Å². The van der Waals surface area contributed by atoms with Crippen LogP contribution in [0.2, 0.25) is 10.0 Å². The smallest absolute Gasteiger partial charge is 0.409 e. The highest BCUT2D eigenvalue weighted by Crippen LogP contribution is 2.33. The van der Waals surface area contributed by atoms with E-state index in [4.69, 9.17) is 42.6 Å². The number of aromatic nitrogens is 2. The summed E-state index contributed by atoms with van der Waals surface area (Å²) in [5, 5.41) is 4.60. The van der Waals surface area contributed by atoms with Crippen molar-refractivity contribution in [2.45, 2.75) is 45.8 Å². The van der Waals surface area contributed by atoms with Crippen LogP contribution in [0.4, 0.5) is 10.6 Å². The van der Waals surface area contributed by atoms with E-state index in [2.05, 4.69) is 5.32 Å². The van der Waals surface area contributed by atoms with Crippen LogP contribution in [0.1, 0.15) is 32.2 Å². The monoisotopic (exact) mass is 466 g/mol. The Hall–Kier alpha value is -2.09. The average Bonchev–Trinajstić information content (AvgIpc) is 3.15. The van der Waals surface area contributed by atoms with Crippen molar-refractivity contribution in [3.05, 3.63) is 39.6 Å². The molecule has 0 saturated carbocycles. The van der Waals surface area contributed by atoms with E-state index in [1.807, 2.05) is 26.8 Å². The van der Waals surface area contributed by atoms with Crippen molar-refractivity contribution in [3.8, 4) is 11.3 Å². The van der Waals surface area contributed by atoms with Crippen LogP contribution < -0.4 is 5.32 Å². The van der Waals surface area contributed by atoms with Gasteiger partial charge in [0, 0.05) is 23.7 Å². The van der Waals surface area contributed by atoms with Crippen molar-refractivity contribution in [1.29, 1.82) is 0 Å². The van der Waals surface area contributed by atoms with Gasteiger partial charge in [0.25, 0.3) is 0 Å². The van der Waals surface area contributed by atoms with Gasteiger partial charge in [-0.25, -0.2) is 14.8 Å². The molecule has 1 aliphatic heterocycles. The Bertz CT molecular complexity index is 941. The molecule has 2 aromatic rings. The van der Waals surface area contributed by atoms with Crippen LogP contribution in [0.5, 0.6) is 0 Å². The van der Waals surface area contributed by atoms with Crippen LogP contribution in [-0.4, -0.2) is 59.9 Å². The molecule has 31 heavy (non-hydrogen) atoms. The Labute approximate surface area is 193 Å². The third-order valence-electron chi connectivity index (χ3n) is 5.30. The van der Waals surface area contributed by atoms with E-state index in [0.717, 1.165) is 22.6 Å². The molecule has 7 nitrogen and oxygen atoms in total. The molecule has 1 aromatic heterocycles. The van der Waals surface area contributed by atoms with Crippen LogP contribution in [-0.2, 0) is 22.3 Å². The number of carbonyl (C=O) groups excluding carboxylic acids is 1. The number of nitrogens with one attached hydrogen (secondary N) is 1. The van der Waals surface area contributed by atoms with Crippen LogP contribution in [0.15, 0.2) is 18.2 Å². The Morgan fingerprint density at radius 2 is 1.90 bits per heavy atom. The average molecular weight is 467 g/mol. The number of likely N-dealkylation sites (tertiary alicyclic amines) is 1. The first-order chi connectivity index (χ1) is 14.9. The summed E-state index contributed by atoms with van der Waals surface area (Å²) in [6.45, 7) is 7.49. The Kier molecular flexibility index (Phi) is 7.97. The van der Waals surface area contributed by atoms with Gasteiger partial charge in [0.2, 0.25) is 0 Å². The van der Waals surface area contributed by atoms with Gasteiger partial charge in [0.1, 0.15) is 5.82 Å². The fraction of sp³-hybridized carbons (Fsp3) is 0.500. The van der Waals surface area contributed by atoms with Gasteiger partial charge in [0.05, 0.1) is 47.9 Å². The molecule has 3 rings (SSSR count). The molecule has 0 aliphatic carbocycles. The maximum absolute atomic E-state index is 12.0. The first kappa shape index (κ1) is 23.6. The Morgan fingerprint density at radius 1 is 1.16 bits per heavy atom. The number of carbonyl (C=O) groups is 1. The van der Waals surface area contributed by atoms with Crippen LogP contribution >= 0.6 is 23.2 Å². The number of hydrogen-bond acceptors (Lipinski definition) is 6. The highest BCUT2D eigenvalue weighted by atomic mass is 35.5. The molecule has 168 valence electrons. The predicted octanol–water partition coefficient (Wildman–Crippen LogP) is 4.84. The molecule has 0 unspecified atom stereocenters. The molecule has 1 N–H and O–H groups in total. The highest BCUT2D eigenvalue weighted by molar-refractivity contribution is 6.36. The van der Waals surface area contributed by atoms with Crippen molar-refractivity contribution in [3.63, 3.8) is 0 Å². The van der Waals surface area contributed by atoms with Gasteiger partial charge in [-0.2, -0.15) is 0 Å². The number of halogens is 2. The van der Waals surface area contributed by atoms with Crippen molar-refractivity contribution in [2.24, 2.45) is 0 Å². The van der Waals surface area contributed by atoms with Gasteiger partial charge in [-0.1, -0.05) is 37.0 Å². The second kappa shape index (κ2) is 10.5. The third-order valence-corrected chi connectivity index (χ3v) is 5.85. The first-order valence-corrected chi connectivity index (χ1v) is 11.2. The van der Waals surface area contributed by atoms with Gasteiger partial charge >= 0.3 is 6.09 Å². The minimum Gasteiger partial charge on any atom is -0.453 e. The fourth-order valence-electron chi connectivity index (χ4n) is 3.76. The molecule has 0 bridgehead atoms. The fourth-order valence-corrected chi connectivity index (χ4v) is 4.26. The topological polar surface area (TPSA) is 76.6 Å². The lowest BCUT2D eigenvalue weighted by Crippen LogP contribution is -2.35. The zero-order chi connectivity index (χ0) is 22.5. The number of anilines is 1. The van der Waals surface area contributed by atoms with Crippen LogP contribution in [0.25, 0.3) is 11.3 Å². The number of ether oxygens (including phenoxy) is 2. The van der Waals surface area contributed by atoms with Crippen molar-refractivity contribution in [1.82, 2.24) is 14.9 Å². The molecule has 0 spiro atoms. The lowest BCUT2D eigenvalue weighted by Gasteiger charge is -2.22. The van der Waals surface area contributed by atoms with Crippen LogP contribution in [0.3, 0.4) is 0 Å². The largest absolute Gasteiger partial charge is 0.453 e. The maximum atomic E-state index is 12.0. The number of methoxy groups -OCH3 is 1. The molecule has 9 heteroatoms. The highest BCUT2D eigenvalue weighted by Gasteiger charge is 2.37. The molecule has 2 atom stereocenters. The number of hydrogen-bond donors (Lipinski definition) is 1. The molecule has 1 aliphatic rings. The Balaban J connectivity index is 1.95. The first-order valence-electron chi connectivity index (χ1n) is 10.5. The molecule has 1 fully saturated rings. The summed E-state index contributed by atoms with van der Waals surface area (Å²) < 4.78 is 10.8. The van der Waals surface area contributed by atoms with E-state index in [1.54, 1.807) is 17.0 Å². The number of aryl methyl sites for hydroxylation is 2. The minimum atomic E-state index is -0.363. The number of amides is 1. The van der Waals surface area contributed by atoms with Crippen molar-refractivity contribution >= 4 is 35.1 Å². The summed E-state index contributed by atoms with van der Waals surface area (Å²) in [6.07, 6.45) is 0.849. The van der Waals surface area contributed by atoms with Gasteiger partial charge < -0.3 is 19.7 Å². The molecular formula is C22H28Cl2N4O3. The molecule has 1 aromatic carbocycles. The third kappa shape index (κ3) is 5.22. The lowest BCUT2D eigenvalue weighted by molar-refractivity contribution is 0.0613. The van der Waals surface area contributed by atoms with E-state index < -0.39 is 0 Å². The Morgan fingerprint density at radius 3 is 2.52 bits per heavy atom. The van der Waals surface area contributed by atoms with E-state index in [0.29, 0.717) is 48.4 Å². The summed E-state index contributed by atoms with van der Waals surface area (Å²) in [6, 6.07) is 5.27.